The van der Waals surface area contributed by atoms with Crippen molar-refractivity contribution in [3.63, 3.8) is 0 Å². The van der Waals surface area contributed by atoms with E-state index in [1.165, 1.54) is 66.2 Å². The number of carbonyl (C=O) groups is 1. The van der Waals surface area contributed by atoms with Crippen LogP contribution in [0, 0.1) is 24.7 Å². The number of carbonyl (C=O) groups excluding carboxylic acids is 1. The first-order chi connectivity index (χ1) is 15.1. The molecule has 2 heterocycles. The molecule has 1 atom stereocenters. The summed E-state index contributed by atoms with van der Waals surface area (Å²) in [6.45, 7) is 2.23. The van der Waals surface area contributed by atoms with Crippen molar-refractivity contribution in [3.05, 3.63) is 70.9 Å². The fraction of sp³-hybridized carbons (Fsp3) is 0.464. The zero-order valence-electron chi connectivity index (χ0n) is 18.5. The standard InChI is InChI=1S/C28H30N2O/c1-17-25(23-9-5-6-10-24(23)29(17)2)26-21-7-3-4-8-22(21)27(31)30(26)28-14-18-11-19(15-28)13-20(12-18)16-28/h3-10,18-20,26H,11-16H2,1-2H3/t18?,19?,20?,26-,28?/m0/s1. The summed E-state index contributed by atoms with van der Waals surface area (Å²) in [4.78, 5) is 16.5. The van der Waals surface area contributed by atoms with E-state index in [1.807, 2.05) is 6.07 Å². The van der Waals surface area contributed by atoms with Gasteiger partial charge in [-0.3, -0.25) is 4.79 Å². The lowest BCUT2D eigenvalue weighted by molar-refractivity contribution is -0.0806. The monoisotopic (exact) mass is 410 g/mol. The maximum atomic E-state index is 14.1. The molecular weight excluding hydrogens is 380 g/mol. The van der Waals surface area contributed by atoms with Crippen LogP contribution >= 0.6 is 0 Å². The van der Waals surface area contributed by atoms with E-state index < -0.39 is 0 Å². The van der Waals surface area contributed by atoms with Crippen LogP contribution in [0.2, 0.25) is 0 Å². The molecule has 31 heavy (non-hydrogen) atoms. The number of hydrogen-bond donors (Lipinski definition) is 0. The molecule has 3 nitrogen and oxygen atoms in total. The van der Waals surface area contributed by atoms with Gasteiger partial charge in [0.15, 0.2) is 0 Å². The highest BCUT2D eigenvalue weighted by Gasteiger charge is 2.58. The minimum absolute atomic E-state index is 0.0334. The van der Waals surface area contributed by atoms with Crippen molar-refractivity contribution in [3.8, 4) is 0 Å². The highest BCUT2D eigenvalue weighted by Crippen LogP contribution is 2.61. The summed E-state index contributed by atoms with van der Waals surface area (Å²) in [6.07, 6.45) is 7.81. The molecule has 4 aliphatic carbocycles. The van der Waals surface area contributed by atoms with Gasteiger partial charge in [-0.25, -0.2) is 0 Å². The predicted octanol–water partition coefficient (Wildman–Crippen LogP) is 6.00. The Bertz CT molecular complexity index is 1200. The Kier molecular flexibility index (Phi) is 3.51. The lowest BCUT2D eigenvalue weighted by Gasteiger charge is -2.61. The minimum atomic E-state index is 0.0334. The second-order valence-electron chi connectivity index (χ2n) is 10.9. The Labute approximate surface area is 184 Å². The van der Waals surface area contributed by atoms with Gasteiger partial charge in [0.1, 0.15) is 0 Å². The number of aryl methyl sites for hydroxylation is 1. The van der Waals surface area contributed by atoms with Crippen molar-refractivity contribution >= 4 is 16.8 Å². The molecule has 1 aromatic heterocycles. The van der Waals surface area contributed by atoms with E-state index in [1.54, 1.807) is 0 Å². The van der Waals surface area contributed by atoms with Crippen molar-refractivity contribution in [1.82, 2.24) is 9.47 Å². The summed E-state index contributed by atoms with van der Waals surface area (Å²) in [5.74, 6) is 2.72. The number of benzene rings is 2. The highest BCUT2D eigenvalue weighted by atomic mass is 16.2. The second kappa shape index (κ2) is 6.03. The first-order valence-corrected chi connectivity index (χ1v) is 12.0. The first kappa shape index (κ1) is 18.1. The lowest BCUT2D eigenvalue weighted by atomic mass is 9.52. The number of rotatable bonds is 2. The number of hydrogen-bond acceptors (Lipinski definition) is 1. The van der Waals surface area contributed by atoms with Crippen molar-refractivity contribution in [2.24, 2.45) is 24.8 Å². The summed E-state index contributed by atoms with van der Waals surface area (Å²) in [7, 11) is 2.17. The average Bonchev–Trinajstić information content (AvgIpc) is 3.19. The molecule has 0 saturated heterocycles. The van der Waals surface area contributed by atoms with Crippen LogP contribution in [-0.4, -0.2) is 20.9 Å². The van der Waals surface area contributed by atoms with Crippen molar-refractivity contribution in [2.45, 2.75) is 57.0 Å². The van der Waals surface area contributed by atoms with Crippen molar-refractivity contribution < 1.29 is 4.79 Å². The van der Waals surface area contributed by atoms with E-state index in [0.29, 0.717) is 0 Å². The normalized spacial score (nSPS) is 33.5. The van der Waals surface area contributed by atoms with Gasteiger partial charge < -0.3 is 9.47 Å². The van der Waals surface area contributed by atoms with Gasteiger partial charge in [0.05, 0.1) is 6.04 Å². The lowest BCUT2D eigenvalue weighted by Crippen LogP contribution is -2.61. The van der Waals surface area contributed by atoms with Crippen LogP contribution in [0.15, 0.2) is 48.5 Å². The van der Waals surface area contributed by atoms with Crippen LogP contribution < -0.4 is 0 Å². The van der Waals surface area contributed by atoms with E-state index in [2.05, 4.69) is 65.9 Å². The Morgan fingerprint density at radius 2 is 1.48 bits per heavy atom. The molecule has 0 unspecified atom stereocenters. The summed E-state index contributed by atoms with van der Waals surface area (Å²) < 4.78 is 2.31. The molecule has 4 saturated carbocycles. The number of fused-ring (bicyclic) bond motifs is 2. The van der Waals surface area contributed by atoms with E-state index in [-0.39, 0.29) is 17.5 Å². The molecule has 0 radical (unpaired) electrons. The molecule has 4 fully saturated rings. The predicted molar refractivity (Wildman–Crippen MR) is 123 cm³/mol. The molecule has 4 bridgehead atoms. The molecule has 0 spiro atoms. The number of amides is 1. The maximum absolute atomic E-state index is 14.1. The van der Waals surface area contributed by atoms with Gasteiger partial charge in [0, 0.05) is 40.3 Å². The topological polar surface area (TPSA) is 25.2 Å². The Morgan fingerprint density at radius 1 is 0.871 bits per heavy atom. The minimum Gasteiger partial charge on any atom is -0.348 e. The van der Waals surface area contributed by atoms with Crippen molar-refractivity contribution in [2.75, 3.05) is 0 Å². The van der Waals surface area contributed by atoms with Crippen LogP contribution in [-0.2, 0) is 7.05 Å². The van der Waals surface area contributed by atoms with Crippen LogP contribution in [0.4, 0.5) is 0 Å². The van der Waals surface area contributed by atoms with Gasteiger partial charge in [-0.2, -0.15) is 0 Å². The number of nitrogens with zero attached hydrogens (tertiary/aromatic N) is 2. The van der Waals surface area contributed by atoms with Crippen LogP contribution in [0.5, 0.6) is 0 Å². The SMILES string of the molecule is Cc1c([C@@H]2c3ccccc3C(=O)N2C23CC4CC(CC(C4)C2)C3)c2ccccc2n1C. The Balaban J connectivity index is 1.48. The van der Waals surface area contributed by atoms with Crippen LogP contribution in [0.1, 0.15) is 71.7 Å². The third kappa shape index (κ3) is 2.27. The second-order valence-corrected chi connectivity index (χ2v) is 10.9. The molecule has 2 aromatic carbocycles. The molecule has 5 aliphatic rings. The molecular formula is C28H30N2O. The van der Waals surface area contributed by atoms with Gasteiger partial charge >= 0.3 is 0 Å². The summed E-state index contributed by atoms with van der Waals surface area (Å²) in [6, 6.07) is 17.2. The number of para-hydroxylation sites is 1. The maximum Gasteiger partial charge on any atom is 0.255 e. The van der Waals surface area contributed by atoms with Crippen LogP contribution in [0.25, 0.3) is 10.9 Å². The van der Waals surface area contributed by atoms with Crippen LogP contribution in [0.3, 0.4) is 0 Å². The van der Waals surface area contributed by atoms with Gasteiger partial charge in [-0.05, 0) is 80.9 Å². The quantitative estimate of drug-likeness (QED) is 0.509. The fourth-order valence-electron chi connectivity index (χ4n) is 8.35. The molecule has 0 N–H and O–H groups in total. The van der Waals surface area contributed by atoms with Gasteiger partial charge in [0.25, 0.3) is 5.91 Å². The van der Waals surface area contributed by atoms with E-state index in [4.69, 9.17) is 0 Å². The Morgan fingerprint density at radius 3 is 2.19 bits per heavy atom. The largest absolute Gasteiger partial charge is 0.348 e. The average molecular weight is 411 g/mol. The smallest absolute Gasteiger partial charge is 0.255 e. The third-order valence-electron chi connectivity index (χ3n) is 9.20. The summed E-state index contributed by atoms with van der Waals surface area (Å²) in [5.41, 5.74) is 6.06. The Hall–Kier alpha value is -2.55. The molecule has 1 amide bonds. The van der Waals surface area contributed by atoms with Crippen molar-refractivity contribution in [1.29, 1.82) is 0 Å². The zero-order chi connectivity index (χ0) is 20.9. The van der Waals surface area contributed by atoms with E-state index in [0.717, 1.165) is 23.3 Å². The molecule has 3 heteroatoms. The van der Waals surface area contributed by atoms with E-state index in [9.17, 15) is 4.79 Å². The number of aromatic nitrogens is 1. The summed E-state index contributed by atoms with van der Waals surface area (Å²) in [5, 5.41) is 1.30. The highest BCUT2D eigenvalue weighted by molar-refractivity contribution is 6.01. The third-order valence-corrected chi connectivity index (χ3v) is 9.20. The zero-order valence-corrected chi connectivity index (χ0v) is 18.5. The first-order valence-electron chi connectivity index (χ1n) is 12.0. The van der Waals surface area contributed by atoms with E-state index >= 15 is 0 Å². The molecule has 1 aliphatic heterocycles. The van der Waals surface area contributed by atoms with Gasteiger partial charge in [-0.1, -0.05) is 36.4 Å². The summed E-state index contributed by atoms with van der Waals surface area (Å²) >= 11 is 0. The molecule has 8 rings (SSSR count). The van der Waals surface area contributed by atoms with Gasteiger partial charge in [0.2, 0.25) is 0 Å². The van der Waals surface area contributed by atoms with Gasteiger partial charge in [-0.15, -0.1) is 0 Å². The fourth-order valence-corrected chi connectivity index (χ4v) is 8.35. The molecule has 3 aromatic rings. The molecule has 158 valence electrons.